The van der Waals surface area contributed by atoms with Crippen LogP contribution in [-0.2, 0) is 0 Å². The minimum absolute atomic E-state index is 0.0907. The van der Waals surface area contributed by atoms with Gasteiger partial charge in [-0.3, -0.25) is 13.9 Å². The zero-order valence-electron chi connectivity index (χ0n) is 17.4. The Morgan fingerprint density at radius 3 is 1.88 bits per heavy atom. The summed E-state index contributed by atoms with van der Waals surface area (Å²) in [5.74, 6) is -0.384. The lowest BCUT2D eigenvalue weighted by molar-refractivity contribution is 0.432. The number of aromatic nitrogens is 2. The Labute approximate surface area is 194 Å². The lowest BCUT2D eigenvalue weighted by Gasteiger charge is -2.16. The number of nitrogens with zero attached hydrogens (tertiary/aromatic N) is 4. The van der Waals surface area contributed by atoms with Crippen molar-refractivity contribution in [1.82, 2.24) is 9.13 Å². The van der Waals surface area contributed by atoms with Crippen LogP contribution in [0.4, 0.5) is 11.4 Å². The molecule has 160 valence electrons. The molecule has 0 saturated heterocycles. The van der Waals surface area contributed by atoms with E-state index in [1.165, 1.54) is 9.13 Å². The molecule has 8 heteroatoms. The van der Waals surface area contributed by atoms with Gasteiger partial charge in [-0.15, -0.1) is 5.11 Å². The summed E-state index contributed by atoms with van der Waals surface area (Å²) in [6.45, 7) is 3.92. The SMILES string of the molecule is Cc1ccc(N=Nc2c(O)n(-c3ccc(C)cc3)c(=S)n(-c3ccc(Cl)cc3)c2=O)cc1. The third-order valence-corrected chi connectivity index (χ3v) is 5.51. The van der Waals surface area contributed by atoms with Gasteiger partial charge < -0.3 is 5.11 Å². The van der Waals surface area contributed by atoms with E-state index in [9.17, 15) is 9.90 Å². The monoisotopic (exact) mass is 462 g/mol. The van der Waals surface area contributed by atoms with E-state index in [1.54, 1.807) is 36.4 Å². The fraction of sp³-hybridized carbons (Fsp3) is 0.0833. The quantitative estimate of drug-likeness (QED) is 0.269. The van der Waals surface area contributed by atoms with Crippen LogP contribution >= 0.6 is 23.8 Å². The van der Waals surface area contributed by atoms with Gasteiger partial charge in [-0.1, -0.05) is 47.0 Å². The van der Waals surface area contributed by atoms with E-state index in [4.69, 9.17) is 23.8 Å². The highest BCUT2D eigenvalue weighted by molar-refractivity contribution is 7.71. The fourth-order valence-corrected chi connectivity index (χ4v) is 3.64. The largest absolute Gasteiger partial charge is 0.492 e. The highest BCUT2D eigenvalue weighted by Gasteiger charge is 2.19. The molecule has 6 nitrogen and oxygen atoms in total. The topological polar surface area (TPSA) is 71.9 Å². The molecule has 4 rings (SSSR count). The Morgan fingerprint density at radius 1 is 0.781 bits per heavy atom. The number of benzene rings is 3. The molecule has 0 aliphatic heterocycles. The van der Waals surface area contributed by atoms with Gasteiger partial charge in [0.05, 0.1) is 17.1 Å². The second-order valence-electron chi connectivity index (χ2n) is 7.28. The molecule has 0 radical (unpaired) electrons. The first-order valence-corrected chi connectivity index (χ1v) is 10.6. The van der Waals surface area contributed by atoms with Crippen LogP contribution in [0.15, 0.2) is 87.8 Å². The van der Waals surface area contributed by atoms with Crippen molar-refractivity contribution in [2.45, 2.75) is 13.8 Å². The third kappa shape index (κ3) is 4.26. The summed E-state index contributed by atoms with van der Waals surface area (Å²) in [5, 5.41) is 19.8. The van der Waals surface area contributed by atoms with Crippen LogP contribution in [0.25, 0.3) is 11.4 Å². The zero-order valence-corrected chi connectivity index (χ0v) is 18.9. The second kappa shape index (κ2) is 8.90. The van der Waals surface area contributed by atoms with E-state index in [0.717, 1.165) is 11.1 Å². The number of azo groups is 1. The van der Waals surface area contributed by atoms with Crippen molar-refractivity contribution < 1.29 is 5.11 Å². The average molecular weight is 463 g/mol. The summed E-state index contributed by atoms with van der Waals surface area (Å²) in [6.07, 6.45) is 0. The lowest BCUT2D eigenvalue weighted by Crippen LogP contribution is -2.23. The molecule has 0 aliphatic rings. The Hall–Kier alpha value is -3.55. The summed E-state index contributed by atoms with van der Waals surface area (Å²) < 4.78 is 2.79. The zero-order chi connectivity index (χ0) is 22.8. The fourth-order valence-electron chi connectivity index (χ4n) is 3.14. The van der Waals surface area contributed by atoms with E-state index in [0.29, 0.717) is 22.1 Å². The van der Waals surface area contributed by atoms with Crippen molar-refractivity contribution in [3.63, 3.8) is 0 Å². The van der Waals surface area contributed by atoms with Crippen molar-refractivity contribution >= 4 is 35.2 Å². The number of aryl methyl sites for hydroxylation is 2. The van der Waals surface area contributed by atoms with E-state index in [1.807, 2.05) is 50.2 Å². The van der Waals surface area contributed by atoms with Gasteiger partial charge in [-0.25, -0.2) is 0 Å². The van der Waals surface area contributed by atoms with E-state index >= 15 is 0 Å². The standard InChI is InChI=1S/C24H19ClN4O2S/c1-15-3-9-18(10-4-15)26-27-21-22(30)28(19-11-5-16(2)6-12-19)24(32)29(23(21)31)20-13-7-17(25)8-14-20/h3-14,30H,1-2H3. The molecule has 1 N–H and O–H groups in total. The summed E-state index contributed by atoms with van der Waals surface area (Å²) in [4.78, 5) is 13.3. The Kier molecular flexibility index (Phi) is 6.03. The lowest BCUT2D eigenvalue weighted by atomic mass is 10.2. The first-order chi connectivity index (χ1) is 15.3. The van der Waals surface area contributed by atoms with E-state index in [2.05, 4.69) is 10.2 Å². The van der Waals surface area contributed by atoms with Gasteiger partial charge in [0.2, 0.25) is 11.6 Å². The molecule has 0 bridgehead atoms. The van der Waals surface area contributed by atoms with E-state index < -0.39 is 5.56 Å². The molecule has 32 heavy (non-hydrogen) atoms. The van der Waals surface area contributed by atoms with Crippen LogP contribution in [0.3, 0.4) is 0 Å². The summed E-state index contributed by atoms with van der Waals surface area (Å²) in [7, 11) is 0. The van der Waals surface area contributed by atoms with Crippen molar-refractivity contribution in [2.24, 2.45) is 10.2 Å². The highest BCUT2D eigenvalue weighted by atomic mass is 35.5. The Balaban J connectivity index is 1.99. The van der Waals surface area contributed by atoms with Crippen LogP contribution in [0, 0.1) is 18.6 Å². The second-order valence-corrected chi connectivity index (χ2v) is 8.08. The van der Waals surface area contributed by atoms with Crippen LogP contribution in [0.2, 0.25) is 5.02 Å². The average Bonchev–Trinajstić information content (AvgIpc) is 2.77. The molecule has 3 aromatic carbocycles. The van der Waals surface area contributed by atoms with Gasteiger partial charge in [0.15, 0.2) is 4.77 Å². The first-order valence-electron chi connectivity index (χ1n) is 9.77. The van der Waals surface area contributed by atoms with E-state index in [-0.39, 0.29) is 16.3 Å². The van der Waals surface area contributed by atoms with Crippen LogP contribution in [-0.4, -0.2) is 14.2 Å². The molecule has 1 aromatic heterocycles. The molecular weight excluding hydrogens is 444 g/mol. The molecule has 1 heterocycles. The molecule has 0 unspecified atom stereocenters. The molecular formula is C24H19ClN4O2S. The van der Waals surface area contributed by atoms with Crippen LogP contribution < -0.4 is 5.56 Å². The van der Waals surface area contributed by atoms with Gasteiger partial charge in [-0.05, 0) is 74.6 Å². The molecule has 0 atom stereocenters. The van der Waals surface area contributed by atoms with Crippen molar-refractivity contribution in [1.29, 1.82) is 0 Å². The molecule has 0 saturated carbocycles. The molecule has 0 spiro atoms. The number of aromatic hydroxyl groups is 1. The maximum absolute atomic E-state index is 13.3. The van der Waals surface area contributed by atoms with Crippen LogP contribution in [0.5, 0.6) is 5.88 Å². The summed E-state index contributed by atoms with van der Waals surface area (Å²) in [5.41, 5.74) is 2.94. The Bertz CT molecular complexity index is 1420. The summed E-state index contributed by atoms with van der Waals surface area (Å²) >= 11 is 11.6. The maximum Gasteiger partial charge on any atom is 0.290 e. The van der Waals surface area contributed by atoms with Gasteiger partial charge in [0, 0.05) is 5.02 Å². The molecule has 0 amide bonds. The minimum atomic E-state index is -0.589. The smallest absolute Gasteiger partial charge is 0.290 e. The number of rotatable bonds is 4. The number of halogens is 1. The minimum Gasteiger partial charge on any atom is -0.492 e. The van der Waals surface area contributed by atoms with Gasteiger partial charge >= 0.3 is 0 Å². The van der Waals surface area contributed by atoms with Crippen LogP contribution in [0.1, 0.15) is 11.1 Å². The normalized spacial score (nSPS) is 11.2. The van der Waals surface area contributed by atoms with Gasteiger partial charge in [-0.2, -0.15) is 5.11 Å². The predicted octanol–water partition coefficient (Wildman–Crippen LogP) is 6.75. The number of hydrogen-bond acceptors (Lipinski definition) is 5. The number of hydrogen-bond donors (Lipinski definition) is 1. The Morgan fingerprint density at radius 2 is 1.28 bits per heavy atom. The molecule has 0 aliphatic carbocycles. The van der Waals surface area contributed by atoms with Crippen molar-refractivity contribution in [3.8, 4) is 17.3 Å². The van der Waals surface area contributed by atoms with Crippen molar-refractivity contribution in [3.05, 3.63) is 104 Å². The van der Waals surface area contributed by atoms with Crippen molar-refractivity contribution in [2.75, 3.05) is 0 Å². The summed E-state index contributed by atoms with van der Waals surface area (Å²) in [6, 6.07) is 21.4. The van der Waals surface area contributed by atoms with Gasteiger partial charge in [0.1, 0.15) is 0 Å². The first kappa shape index (κ1) is 21.7. The predicted molar refractivity (Wildman–Crippen MR) is 129 cm³/mol. The molecule has 0 fully saturated rings. The third-order valence-electron chi connectivity index (χ3n) is 4.89. The highest BCUT2D eigenvalue weighted by Crippen LogP contribution is 2.29. The molecule has 4 aromatic rings. The van der Waals surface area contributed by atoms with Gasteiger partial charge in [0.25, 0.3) is 5.56 Å². The maximum atomic E-state index is 13.3.